The fraction of sp³-hybridized carbons (Fsp3) is 0.421. The van der Waals surface area contributed by atoms with Crippen molar-refractivity contribution in [2.75, 3.05) is 26.2 Å². The summed E-state index contributed by atoms with van der Waals surface area (Å²) in [4.78, 5) is 28.2. The molecule has 2 heterocycles. The summed E-state index contributed by atoms with van der Waals surface area (Å²) in [6.07, 6.45) is -0.363. The maximum Gasteiger partial charge on any atom is 0.259 e. The van der Waals surface area contributed by atoms with E-state index in [0.29, 0.717) is 38.2 Å². The van der Waals surface area contributed by atoms with E-state index < -0.39 is 11.9 Å². The third-order valence-corrected chi connectivity index (χ3v) is 4.66. The number of aliphatic hydroxyl groups excluding tert-OH is 1. The lowest BCUT2D eigenvalue weighted by Gasteiger charge is -2.21. The van der Waals surface area contributed by atoms with E-state index in [1.807, 2.05) is 0 Å². The molecule has 0 spiro atoms. The van der Waals surface area contributed by atoms with Crippen molar-refractivity contribution in [3.63, 3.8) is 0 Å². The molecule has 0 radical (unpaired) electrons. The highest BCUT2D eigenvalue weighted by molar-refractivity contribution is 6.01. The van der Waals surface area contributed by atoms with E-state index in [1.54, 1.807) is 9.80 Å². The Hall–Kier alpha value is -2.74. The van der Waals surface area contributed by atoms with Crippen molar-refractivity contribution in [2.24, 2.45) is 0 Å². The normalized spacial score (nSPS) is 16.1. The third kappa shape index (κ3) is 4.00. The van der Waals surface area contributed by atoms with Crippen molar-refractivity contribution in [2.45, 2.75) is 26.4 Å². The molecule has 0 aliphatic carbocycles. The number of carbonyl (C=O) groups excluding carboxylic acids is 2. The van der Waals surface area contributed by atoms with Gasteiger partial charge in [-0.3, -0.25) is 9.59 Å². The molecular formula is C19H22FN3O4. The molecule has 0 saturated carbocycles. The fourth-order valence-electron chi connectivity index (χ4n) is 3.19. The molecule has 1 fully saturated rings. The smallest absolute Gasteiger partial charge is 0.259 e. The van der Waals surface area contributed by atoms with Crippen LogP contribution in [-0.2, 0) is 4.79 Å². The van der Waals surface area contributed by atoms with Crippen LogP contribution in [0.15, 0.2) is 28.8 Å². The van der Waals surface area contributed by atoms with Crippen LogP contribution in [0.3, 0.4) is 0 Å². The molecule has 7 nitrogen and oxygen atoms in total. The summed E-state index contributed by atoms with van der Waals surface area (Å²) in [5.74, 6) is -0.669. The van der Waals surface area contributed by atoms with E-state index >= 15 is 0 Å². The van der Waals surface area contributed by atoms with Crippen molar-refractivity contribution in [3.8, 4) is 11.3 Å². The molecule has 144 valence electrons. The maximum atomic E-state index is 13.2. The number of amides is 2. The van der Waals surface area contributed by atoms with Gasteiger partial charge in [-0.1, -0.05) is 5.16 Å². The highest BCUT2D eigenvalue weighted by atomic mass is 19.1. The second-order valence-electron chi connectivity index (χ2n) is 6.61. The molecule has 1 unspecified atom stereocenters. The Morgan fingerprint density at radius 2 is 1.78 bits per heavy atom. The summed E-state index contributed by atoms with van der Waals surface area (Å²) in [6.45, 7) is 4.90. The molecule has 27 heavy (non-hydrogen) atoms. The second-order valence-corrected chi connectivity index (χ2v) is 6.61. The van der Waals surface area contributed by atoms with Crippen molar-refractivity contribution >= 4 is 11.8 Å². The molecule has 2 amide bonds. The molecule has 1 saturated heterocycles. The quantitative estimate of drug-likeness (QED) is 0.889. The summed E-state index contributed by atoms with van der Waals surface area (Å²) in [6, 6.07) is 5.57. The Labute approximate surface area is 156 Å². The summed E-state index contributed by atoms with van der Waals surface area (Å²) in [5, 5.41) is 14.0. The van der Waals surface area contributed by atoms with Crippen LogP contribution < -0.4 is 0 Å². The molecule has 1 aliphatic heterocycles. The number of aromatic nitrogens is 1. The zero-order valence-electron chi connectivity index (χ0n) is 15.3. The van der Waals surface area contributed by atoms with Crippen LogP contribution in [0.2, 0.25) is 0 Å². The summed E-state index contributed by atoms with van der Waals surface area (Å²) in [5.41, 5.74) is 0.965. The minimum absolute atomic E-state index is 0.0223. The standard InChI is InChI=1S/C19H22FN3O4/c1-12(24)18-16(17(21-27-18)14-4-6-15(20)7-5-14)19(26)23-9-3-8-22(10-11-23)13(2)25/h4-7,12,24H,3,8-11H2,1-2H3. The molecule has 1 aliphatic rings. The van der Waals surface area contributed by atoms with E-state index in [1.165, 1.54) is 38.1 Å². The van der Waals surface area contributed by atoms with Gasteiger partial charge in [0.25, 0.3) is 5.91 Å². The average Bonchev–Trinajstić information content (AvgIpc) is 2.92. The lowest BCUT2D eigenvalue weighted by Crippen LogP contribution is -2.37. The van der Waals surface area contributed by atoms with Crippen LogP contribution in [0.25, 0.3) is 11.3 Å². The second kappa shape index (κ2) is 7.87. The predicted octanol–water partition coefficient (Wildman–Crippen LogP) is 2.23. The molecule has 1 aromatic heterocycles. The number of halogens is 1. The number of benzene rings is 1. The molecule has 1 N–H and O–H groups in total. The van der Waals surface area contributed by atoms with Crippen molar-refractivity contribution in [1.29, 1.82) is 0 Å². The average molecular weight is 375 g/mol. The number of hydrogen-bond donors (Lipinski definition) is 1. The Morgan fingerprint density at radius 1 is 1.15 bits per heavy atom. The van der Waals surface area contributed by atoms with Crippen LogP contribution in [0.4, 0.5) is 4.39 Å². The first-order valence-corrected chi connectivity index (χ1v) is 8.87. The molecule has 2 aromatic rings. The van der Waals surface area contributed by atoms with Gasteiger partial charge in [-0.05, 0) is 37.6 Å². The summed E-state index contributed by atoms with van der Waals surface area (Å²) in [7, 11) is 0. The zero-order valence-corrected chi connectivity index (χ0v) is 15.3. The van der Waals surface area contributed by atoms with Crippen LogP contribution in [0.1, 0.15) is 42.5 Å². The highest BCUT2D eigenvalue weighted by Crippen LogP contribution is 2.30. The lowest BCUT2D eigenvalue weighted by atomic mass is 10.0. The molecule has 1 atom stereocenters. The Kier molecular flexibility index (Phi) is 5.55. The number of hydrogen-bond acceptors (Lipinski definition) is 5. The van der Waals surface area contributed by atoms with Crippen LogP contribution in [-0.4, -0.2) is 58.1 Å². The van der Waals surface area contributed by atoms with Gasteiger partial charge in [0.2, 0.25) is 5.91 Å². The lowest BCUT2D eigenvalue weighted by molar-refractivity contribution is -0.128. The fourth-order valence-corrected chi connectivity index (χ4v) is 3.19. The Bertz CT molecular complexity index is 832. The SMILES string of the molecule is CC(=O)N1CCCN(C(=O)c2c(-c3ccc(F)cc3)noc2C(C)O)CC1. The third-order valence-electron chi connectivity index (χ3n) is 4.66. The van der Waals surface area contributed by atoms with E-state index in [-0.39, 0.29) is 28.8 Å². The Morgan fingerprint density at radius 3 is 2.41 bits per heavy atom. The summed E-state index contributed by atoms with van der Waals surface area (Å²) >= 11 is 0. The number of carbonyl (C=O) groups is 2. The van der Waals surface area contributed by atoms with Crippen LogP contribution in [0, 0.1) is 5.82 Å². The van der Waals surface area contributed by atoms with Gasteiger partial charge < -0.3 is 19.4 Å². The van der Waals surface area contributed by atoms with Gasteiger partial charge in [-0.15, -0.1) is 0 Å². The number of aliphatic hydroxyl groups is 1. The monoisotopic (exact) mass is 375 g/mol. The van der Waals surface area contributed by atoms with Gasteiger partial charge in [0.1, 0.15) is 23.2 Å². The van der Waals surface area contributed by atoms with Gasteiger partial charge in [0, 0.05) is 38.7 Å². The van der Waals surface area contributed by atoms with E-state index in [4.69, 9.17) is 4.52 Å². The van der Waals surface area contributed by atoms with Crippen molar-refractivity contribution in [3.05, 3.63) is 41.4 Å². The van der Waals surface area contributed by atoms with Crippen molar-refractivity contribution < 1.29 is 23.6 Å². The molecule has 1 aromatic carbocycles. The molecule has 3 rings (SSSR count). The van der Waals surface area contributed by atoms with Crippen LogP contribution in [0.5, 0.6) is 0 Å². The van der Waals surface area contributed by atoms with Gasteiger partial charge in [0.05, 0.1) is 0 Å². The molecular weight excluding hydrogens is 353 g/mol. The van der Waals surface area contributed by atoms with Crippen LogP contribution >= 0.6 is 0 Å². The number of rotatable bonds is 3. The van der Waals surface area contributed by atoms with E-state index in [9.17, 15) is 19.1 Å². The van der Waals surface area contributed by atoms with E-state index in [0.717, 1.165) is 0 Å². The highest BCUT2D eigenvalue weighted by Gasteiger charge is 2.31. The largest absolute Gasteiger partial charge is 0.385 e. The van der Waals surface area contributed by atoms with Gasteiger partial charge in [-0.25, -0.2) is 4.39 Å². The minimum Gasteiger partial charge on any atom is -0.385 e. The first-order chi connectivity index (χ1) is 12.9. The zero-order chi connectivity index (χ0) is 19.6. The number of nitrogens with zero attached hydrogens (tertiary/aromatic N) is 3. The van der Waals surface area contributed by atoms with Gasteiger partial charge in [-0.2, -0.15) is 0 Å². The topological polar surface area (TPSA) is 86.9 Å². The predicted molar refractivity (Wildman–Crippen MR) is 95.3 cm³/mol. The van der Waals surface area contributed by atoms with Gasteiger partial charge in [0.15, 0.2) is 5.76 Å². The summed E-state index contributed by atoms with van der Waals surface area (Å²) < 4.78 is 18.5. The van der Waals surface area contributed by atoms with E-state index in [2.05, 4.69) is 5.16 Å². The minimum atomic E-state index is -1.02. The molecule has 8 heteroatoms. The first kappa shape index (κ1) is 19.0. The maximum absolute atomic E-state index is 13.2. The van der Waals surface area contributed by atoms with Crippen molar-refractivity contribution in [1.82, 2.24) is 15.0 Å². The molecule has 0 bridgehead atoms. The Balaban J connectivity index is 1.94. The van der Waals surface area contributed by atoms with Gasteiger partial charge >= 0.3 is 0 Å². The first-order valence-electron chi connectivity index (χ1n) is 8.87.